The Kier molecular flexibility index (Phi) is 7.58. The predicted octanol–water partition coefficient (Wildman–Crippen LogP) is 3.98. The topological polar surface area (TPSA) is 73.6 Å². The molecule has 0 bridgehead atoms. The van der Waals surface area contributed by atoms with Crippen LogP contribution in [0.1, 0.15) is 42.7 Å². The maximum absolute atomic E-state index is 12.4. The quantitative estimate of drug-likeness (QED) is 0.760. The average Bonchev–Trinajstić information content (AvgIpc) is 2.54. The van der Waals surface area contributed by atoms with E-state index >= 15 is 0 Å². The van der Waals surface area contributed by atoms with Crippen LogP contribution in [0.5, 0.6) is 11.5 Å². The van der Waals surface area contributed by atoms with Crippen LogP contribution in [0.3, 0.4) is 0 Å². The number of ether oxygens (including phenoxy) is 2. The van der Waals surface area contributed by atoms with Crippen molar-refractivity contribution < 1.29 is 14.3 Å². The lowest BCUT2D eigenvalue weighted by Gasteiger charge is -2.18. The fraction of sp³-hybridized carbons (Fsp3) is 0.316. The summed E-state index contributed by atoms with van der Waals surface area (Å²) in [4.78, 5) is 12.4. The first-order chi connectivity index (χ1) is 11.4. The molecule has 25 heavy (non-hydrogen) atoms. The van der Waals surface area contributed by atoms with Gasteiger partial charge in [0.05, 0.1) is 24.8 Å². The standard InChI is InChI=1S/C19H24N2O3.ClH/c1-12(2)24-17-10-9-14(11-18(17)23-4)13(3)21-19(22)15-7-5-6-8-16(15)20;/h5-13H,20H2,1-4H3,(H,21,22);1H. The van der Waals surface area contributed by atoms with E-state index in [1.54, 1.807) is 31.4 Å². The Labute approximate surface area is 154 Å². The monoisotopic (exact) mass is 364 g/mol. The second-order valence-corrected chi connectivity index (χ2v) is 5.86. The summed E-state index contributed by atoms with van der Waals surface area (Å²) in [6.45, 7) is 5.83. The molecule has 0 fully saturated rings. The largest absolute Gasteiger partial charge is 0.493 e. The number of halogens is 1. The van der Waals surface area contributed by atoms with Gasteiger partial charge in [-0.1, -0.05) is 18.2 Å². The van der Waals surface area contributed by atoms with E-state index < -0.39 is 0 Å². The SMILES string of the molecule is COc1cc(C(C)NC(=O)c2ccccc2N)ccc1OC(C)C.Cl. The molecule has 1 unspecified atom stereocenters. The van der Waals surface area contributed by atoms with Gasteiger partial charge in [-0.15, -0.1) is 12.4 Å². The summed E-state index contributed by atoms with van der Waals surface area (Å²) in [7, 11) is 1.60. The maximum atomic E-state index is 12.4. The van der Waals surface area contributed by atoms with Gasteiger partial charge in [0, 0.05) is 5.69 Å². The molecule has 0 radical (unpaired) electrons. The van der Waals surface area contributed by atoms with Crippen molar-refractivity contribution in [3.8, 4) is 11.5 Å². The predicted molar refractivity (Wildman–Crippen MR) is 103 cm³/mol. The second-order valence-electron chi connectivity index (χ2n) is 5.86. The van der Waals surface area contributed by atoms with Gasteiger partial charge < -0.3 is 20.5 Å². The number of carbonyl (C=O) groups excluding carboxylic acids is 1. The van der Waals surface area contributed by atoms with Crippen molar-refractivity contribution in [3.05, 3.63) is 53.6 Å². The third-order valence-corrected chi connectivity index (χ3v) is 3.60. The highest BCUT2D eigenvalue weighted by Gasteiger charge is 2.15. The molecule has 2 aromatic carbocycles. The minimum atomic E-state index is -0.206. The number of nitrogen functional groups attached to an aromatic ring is 1. The Bertz CT molecular complexity index is 720. The van der Waals surface area contributed by atoms with Crippen molar-refractivity contribution in [2.24, 2.45) is 0 Å². The summed E-state index contributed by atoms with van der Waals surface area (Å²) in [6, 6.07) is 12.5. The molecule has 0 aromatic heterocycles. The first-order valence-electron chi connectivity index (χ1n) is 7.92. The lowest BCUT2D eigenvalue weighted by atomic mass is 10.1. The summed E-state index contributed by atoms with van der Waals surface area (Å²) >= 11 is 0. The van der Waals surface area contributed by atoms with Crippen LogP contribution < -0.4 is 20.5 Å². The van der Waals surface area contributed by atoms with E-state index in [1.807, 2.05) is 39.0 Å². The Hall–Kier alpha value is -2.40. The number of rotatable bonds is 6. The van der Waals surface area contributed by atoms with Crippen LogP contribution in [0.2, 0.25) is 0 Å². The van der Waals surface area contributed by atoms with Crippen molar-refractivity contribution in [2.75, 3.05) is 12.8 Å². The summed E-state index contributed by atoms with van der Waals surface area (Å²) in [5.74, 6) is 1.12. The van der Waals surface area contributed by atoms with Crippen LogP contribution in [0.25, 0.3) is 0 Å². The van der Waals surface area contributed by atoms with Crippen LogP contribution in [0.15, 0.2) is 42.5 Å². The van der Waals surface area contributed by atoms with Crippen LogP contribution in [0.4, 0.5) is 5.69 Å². The number of para-hydroxylation sites is 1. The lowest BCUT2D eigenvalue weighted by Crippen LogP contribution is -2.27. The van der Waals surface area contributed by atoms with Gasteiger partial charge in [-0.25, -0.2) is 0 Å². The highest BCUT2D eigenvalue weighted by molar-refractivity contribution is 5.99. The Morgan fingerprint density at radius 1 is 1.08 bits per heavy atom. The Balaban J connectivity index is 0.00000312. The number of anilines is 1. The molecule has 0 saturated heterocycles. The van der Waals surface area contributed by atoms with Gasteiger partial charge in [-0.05, 0) is 50.6 Å². The van der Waals surface area contributed by atoms with E-state index in [0.29, 0.717) is 22.7 Å². The molecular weight excluding hydrogens is 340 g/mol. The minimum absolute atomic E-state index is 0. The van der Waals surface area contributed by atoms with Gasteiger partial charge in [0.2, 0.25) is 0 Å². The molecule has 3 N–H and O–H groups in total. The van der Waals surface area contributed by atoms with E-state index in [1.165, 1.54) is 0 Å². The van der Waals surface area contributed by atoms with Crippen LogP contribution in [-0.4, -0.2) is 19.1 Å². The van der Waals surface area contributed by atoms with Crippen LogP contribution in [-0.2, 0) is 0 Å². The van der Waals surface area contributed by atoms with Crippen LogP contribution >= 0.6 is 12.4 Å². The van der Waals surface area contributed by atoms with Gasteiger partial charge in [-0.3, -0.25) is 4.79 Å². The third-order valence-electron chi connectivity index (χ3n) is 3.60. The highest BCUT2D eigenvalue weighted by Crippen LogP contribution is 2.31. The number of benzene rings is 2. The molecule has 5 nitrogen and oxygen atoms in total. The molecule has 2 aromatic rings. The van der Waals surface area contributed by atoms with E-state index in [4.69, 9.17) is 15.2 Å². The summed E-state index contributed by atoms with van der Waals surface area (Å²) in [6.07, 6.45) is 0.0583. The molecule has 0 aliphatic rings. The van der Waals surface area contributed by atoms with E-state index in [2.05, 4.69) is 5.32 Å². The van der Waals surface area contributed by atoms with Gasteiger partial charge in [0.25, 0.3) is 5.91 Å². The molecule has 1 atom stereocenters. The molecule has 6 heteroatoms. The molecule has 0 heterocycles. The van der Waals surface area contributed by atoms with Gasteiger partial charge in [0.1, 0.15) is 0 Å². The number of hydrogen-bond donors (Lipinski definition) is 2. The van der Waals surface area contributed by atoms with E-state index in [9.17, 15) is 4.79 Å². The van der Waals surface area contributed by atoms with Crippen molar-refractivity contribution in [2.45, 2.75) is 32.9 Å². The number of amides is 1. The normalized spacial score (nSPS) is 11.4. The number of hydrogen-bond acceptors (Lipinski definition) is 4. The lowest BCUT2D eigenvalue weighted by molar-refractivity contribution is 0.0940. The van der Waals surface area contributed by atoms with Crippen LogP contribution in [0, 0.1) is 0 Å². The van der Waals surface area contributed by atoms with Crippen molar-refractivity contribution >= 4 is 24.0 Å². The number of methoxy groups -OCH3 is 1. The van der Waals surface area contributed by atoms with Crippen molar-refractivity contribution in [1.29, 1.82) is 0 Å². The average molecular weight is 365 g/mol. The Morgan fingerprint density at radius 3 is 2.36 bits per heavy atom. The first-order valence-corrected chi connectivity index (χ1v) is 7.92. The molecule has 2 rings (SSSR count). The Morgan fingerprint density at radius 2 is 1.76 bits per heavy atom. The molecule has 0 aliphatic carbocycles. The van der Waals surface area contributed by atoms with E-state index in [-0.39, 0.29) is 30.5 Å². The zero-order valence-electron chi connectivity index (χ0n) is 14.9. The zero-order valence-corrected chi connectivity index (χ0v) is 15.7. The number of nitrogens with two attached hydrogens (primary N) is 1. The summed E-state index contributed by atoms with van der Waals surface area (Å²) < 4.78 is 11.1. The second kappa shape index (κ2) is 9.18. The highest BCUT2D eigenvalue weighted by atomic mass is 35.5. The third kappa shape index (κ3) is 5.29. The smallest absolute Gasteiger partial charge is 0.253 e. The summed E-state index contributed by atoms with van der Waals surface area (Å²) in [5, 5.41) is 2.95. The molecule has 0 aliphatic heterocycles. The minimum Gasteiger partial charge on any atom is -0.493 e. The van der Waals surface area contributed by atoms with Gasteiger partial charge in [-0.2, -0.15) is 0 Å². The fourth-order valence-corrected chi connectivity index (χ4v) is 2.37. The van der Waals surface area contributed by atoms with E-state index in [0.717, 1.165) is 5.56 Å². The van der Waals surface area contributed by atoms with Gasteiger partial charge in [0.15, 0.2) is 11.5 Å². The summed E-state index contributed by atoms with van der Waals surface area (Å²) in [5.41, 5.74) is 7.70. The molecule has 0 saturated carbocycles. The molecule has 136 valence electrons. The fourth-order valence-electron chi connectivity index (χ4n) is 2.37. The molecule has 1 amide bonds. The molecule has 0 spiro atoms. The zero-order chi connectivity index (χ0) is 17.7. The first kappa shape index (κ1) is 20.6. The maximum Gasteiger partial charge on any atom is 0.253 e. The van der Waals surface area contributed by atoms with Crippen molar-refractivity contribution in [1.82, 2.24) is 5.32 Å². The van der Waals surface area contributed by atoms with Gasteiger partial charge >= 0.3 is 0 Å². The number of carbonyl (C=O) groups is 1. The number of nitrogens with one attached hydrogen (secondary N) is 1. The van der Waals surface area contributed by atoms with Crippen molar-refractivity contribution in [3.63, 3.8) is 0 Å². The molecular formula is C19H25ClN2O3.